The van der Waals surface area contributed by atoms with E-state index in [-0.39, 0.29) is 30.9 Å². The Morgan fingerprint density at radius 1 is 1.27 bits per heavy atom. The van der Waals surface area contributed by atoms with Gasteiger partial charge < -0.3 is 28.7 Å². The van der Waals surface area contributed by atoms with Gasteiger partial charge in [0.2, 0.25) is 0 Å². The molecule has 0 unspecified atom stereocenters. The monoisotopic (exact) mass is 191 g/mol. The highest BCUT2D eigenvalue weighted by atomic mass is 35.5. The Bertz CT molecular complexity index is 67.6. The Morgan fingerprint density at radius 3 is 1.27 bits per heavy atom. The van der Waals surface area contributed by atoms with Gasteiger partial charge in [-0.05, 0) is 6.92 Å². The lowest BCUT2D eigenvalue weighted by atomic mass is 10.8. The van der Waals surface area contributed by atoms with Crippen LogP contribution < -0.4 is 18.5 Å². The average molecular weight is 192 g/mol. The Hall–Kier alpha value is -0.820. The molecule has 0 saturated heterocycles. The van der Waals surface area contributed by atoms with Gasteiger partial charge in [0.05, 0.1) is 0 Å². The molecule has 0 aliphatic heterocycles. The highest BCUT2D eigenvalue weighted by Crippen LogP contribution is 1.42. The maximum Gasteiger partial charge on any atom is 0.503 e. The molecule has 0 aromatic rings. The Kier molecular flexibility index (Phi) is 271. The summed E-state index contributed by atoms with van der Waals surface area (Å²) < 4.78 is 0. The van der Waals surface area contributed by atoms with Crippen LogP contribution in [0.25, 0.3) is 0 Å². The van der Waals surface area contributed by atoms with Crippen molar-refractivity contribution in [1.82, 2.24) is 18.5 Å². The third-order valence-corrected chi connectivity index (χ3v) is 0. The molecule has 0 radical (unpaired) electrons. The largest absolute Gasteiger partial charge is 0.503 e. The second kappa shape index (κ2) is 60.7. The van der Waals surface area contributed by atoms with E-state index in [1.807, 2.05) is 6.92 Å². The molecule has 0 aliphatic rings. The van der Waals surface area contributed by atoms with Gasteiger partial charge in [-0.3, -0.25) is 0 Å². The van der Waals surface area contributed by atoms with Crippen molar-refractivity contribution in [3.63, 3.8) is 0 Å². The van der Waals surface area contributed by atoms with Gasteiger partial charge in [0.15, 0.2) is 0 Å². The molecular weight excluding hydrogens is 174 g/mol. The van der Waals surface area contributed by atoms with Crippen LogP contribution in [0.4, 0.5) is 4.79 Å². The van der Waals surface area contributed by atoms with Crippen LogP contribution in [0.1, 0.15) is 6.92 Å². The lowest BCUT2D eigenvalue weighted by Gasteiger charge is -1.60. The molecule has 0 rings (SSSR count). The van der Waals surface area contributed by atoms with Gasteiger partial charge in [0.1, 0.15) is 0 Å². The summed E-state index contributed by atoms with van der Waals surface area (Å²) in [4.78, 5) is 8.56. The molecule has 0 aliphatic carbocycles. The summed E-state index contributed by atoms with van der Waals surface area (Å²) in [5, 5.41) is 13.9. The summed E-state index contributed by atoms with van der Waals surface area (Å²) in [6, 6.07) is 0. The number of allylic oxidation sites excluding steroid dienone is 1. The van der Waals surface area contributed by atoms with E-state index in [1.165, 1.54) is 0 Å². The molecule has 11 N–H and O–H groups in total. The molecule has 0 fully saturated rings. The first-order chi connectivity index (χ1) is 3.15. The number of halogens is 1. The standard InChI is InChI=1S/C3H6.CH2O3.ClH.3H3N/c1-3-2;2-1(3)4;;;;/h3H,1H2,2H3;(H2,2,3,4);1H;3*1H3. The minimum Gasteiger partial charge on any atom is -0.450 e. The predicted octanol–water partition coefficient (Wildman–Crippen LogP) is 2.32. The zero-order valence-corrected chi connectivity index (χ0v) is 7.43. The van der Waals surface area contributed by atoms with Crippen LogP contribution in [0.5, 0.6) is 0 Å². The normalized spacial score (nSPS) is 3.36. The maximum atomic E-state index is 8.56. The lowest BCUT2D eigenvalue weighted by Crippen LogP contribution is -1.81. The zero-order chi connectivity index (χ0) is 6.28. The van der Waals surface area contributed by atoms with Crippen molar-refractivity contribution in [2.24, 2.45) is 0 Å². The van der Waals surface area contributed by atoms with Crippen LogP contribution in [0.2, 0.25) is 0 Å². The summed E-state index contributed by atoms with van der Waals surface area (Å²) in [5.41, 5.74) is 0. The van der Waals surface area contributed by atoms with Crippen LogP contribution in [0, 0.1) is 0 Å². The fourth-order valence-corrected chi connectivity index (χ4v) is 0. The molecule has 0 heterocycles. The van der Waals surface area contributed by atoms with Crippen molar-refractivity contribution >= 4 is 18.6 Å². The first-order valence-electron chi connectivity index (χ1n) is 1.64. The number of hydrogen-bond acceptors (Lipinski definition) is 4. The van der Waals surface area contributed by atoms with E-state index < -0.39 is 6.16 Å². The predicted molar refractivity (Wildman–Crippen MR) is 48.8 cm³/mol. The van der Waals surface area contributed by atoms with Gasteiger partial charge in [-0.25, -0.2) is 4.79 Å². The van der Waals surface area contributed by atoms with Gasteiger partial charge in [0, 0.05) is 0 Å². The van der Waals surface area contributed by atoms with E-state index in [0.717, 1.165) is 0 Å². The Morgan fingerprint density at radius 2 is 1.27 bits per heavy atom. The van der Waals surface area contributed by atoms with Gasteiger partial charge >= 0.3 is 6.16 Å². The molecule has 0 aromatic heterocycles. The summed E-state index contributed by atoms with van der Waals surface area (Å²) in [5.74, 6) is 0. The van der Waals surface area contributed by atoms with Crippen molar-refractivity contribution in [3.8, 4) is 0 Å². The number of carbonyl (C=O) groups is 1. The molecule has 6 nitrogen and oxygen atoms in total. The fourth-order valence-electron chi connectivity index (χ4n) is 0. The van der Waals surface area contributed by atoms with Gasteiger partial charge in [-0.1, -0.05) is 6.08 Å². The van der Waals surface area contributed by atoms with Crippen LogP contribution in [0.15, 0.2) is 12.7 Å². The minimum absolute atomic E-state index is 0. The van der Waals surface area contributed by atoms with E-state index in [2.05, 4.69) is 6.58 Å². The highest BCUT2D eigenvalue weighted by molar-refractivity contribution is 5.85. The summed E-state index contributed by atoms with van der Waals surface area (Å²) in [7, 11) is 0. The van der Waals surface area contributed by atoms with Gasteiger partial charge in [-0.15, -0.1) is 19.0 Å². The van der Waals surface area contributed by atoms with E-state index in [0.29, 0.717) is 0 Å². The molecule has 7 heteroatoms. The lowest BCUT2D eigenvalue weighted by molar-refractivity contribution is 0.137. The van der Waals surface area contributed by atoms with Crippen molar-refractivity contribution < 1.29 is 15.0 Å². The van der Waals surface area contributed by atoms with E-state index >= 15 is 0 Å². The van der Waals surface area contributed by atoms with Gasteiger partial charge in [0.25, 0.3) is 0 Å². The first-order valence-corrected chi connectivity index (χ1v) is 1.64. The highest BCUT2D eigenvalue weighted by Gasteiger charge is 1.70. The van der Waals surface area contributed by atoms with E-state index in [9.17, 15) is 0 Å². The van der Waals surface area contributed by atoms with E-state index in [4.69, 9.17) is 15.0 Å². The number of rotatable bonds is 0. The van der Waals surface area contributed by atoms with Crippen LogP contribution in [-0.2, 0) is 0 Å². The third-order valence-electron chi connectivity index (χ3n) is 0. The zero-order valence-electron chi connectivity index (χ0n) is 6.62. The van der Waals surface area contributed by atoms with Crippen molar-refractivity contribution in [2.45, 2.75) is 6.92 Å². The number of hydrogen-bond donors (Lipinski definition) is 5. The number of carboxylic acid groups (broad SMARTS) is 2. The van der Waals surface area contributed by atoms with E-state index in [1.54, 1.807) is 6.08 Å². The molecule has 0 saturated carbocycles. The topological polar surface area (TPSA) is 163 Å². The Balaban J connectivity index is -0.00000000848. The van der Waals surface area contributed by atoms with Crippen LogP contribution >= 0.6 is 12.4 Å². The van der Waals surface area contributed by atoms with Crippen LogP contribution in [-0.4, -0.2) is 16.4 Å². The molecule has 0 spiro atoms. The smallest absolute Gasteiger partial charge is 0.450 e. The quantitative estimate of drug-likeness (QED) is 0.369. The second-order valence-corrected chi connectivity index (χ2v) is 0.691. The van der Waals surface area contributed by atoms with Crippen LogP contribution in [0.3, 0.4) is 0 Å². The Labute approximate surface area is 72.5 Å². The van der Waals surface area contributed by atoms with Crippen molar-refractivity contribution in [1.29, 1.82) is 0 Å². The minimum atomic E-state index is -1.83. The maximum absolute atomic E-state index is 8.56. The van der Waals surface area contributed by atoms with Crippen molar-refractivity contribution in [3.05, 3.63) is 12.7 Å². The summed E-state index contributed by atoms with van der Waals surface area (Å²) in [6.45, 7) is 5.25. The molecule has 74 valence electrons. The van der Waals surface area contributed by atoms with Crippen molar-refractivity contribution in [2.75, 3.05) is 0 Å². The molecule has 11 heavy (non-hydrogen) atoms. The average Bonchev–Trinajstić information content (AvgIpc) is 1.33. The molecule has 0 amide bonds. The molecular formula is C4H18ClN3O3. The molecule has 0 aromatic carbocycles. The second-order valence-electron chi connectivity index (χ2n) is 0.691. The molecule has 0 atom stereocenters. The fraction of sp³-hybridized carbons (Fsp3) is 0.250. The SMILES string of the molecule is C=CC.Cl.N.N.N.O=C(O)O. The summed E-state index contributed by atoms with van der Waals surface area (Å²) >= 11 is 0. The third kappa shape index (κ3) is 704. The summed E-state index contributed by atoms with van der Waals surface area (Å²) in [6.07, 6.45) is -0.0833. The first kappa shape index (κ1) is 49.1. The molecule has 0 bridgehead atoms. The van der Waals surface area contributed by atoms with Gasteiger partial charge in [-0.2, -0.15) is 0 Å².